The van der Waals surface area contributed by atoms with E-state index in [1.807, 2.05) is 6.07 Å². The second-order valence-electron chi connectivity index (χ2n) is 4.17. The van der Waals surface area contributed by atoms with Crippen molar-refractivity contribution >= 4 is 11.0 Å². The molecule has 4 nitrogen and oxygen atoms in total. The van der Waals surface area contributed by atoms with Crippen LogP contribution in [0.15, 0.2) is 42.6 Å². The Hall–Kier alpha value is -3.07. The molecule has 1 aromatic heterocycles. The van der Waals surface area contributed by atoms with Crippen molar-refractivity contribution < 1.29 is 13.5 Å². The number of hydrogen-bond acceptors (Lipinski definition) is 4. The van der Waals surface area contributed by atoms with Gasteiger partial charge in [0.2, 0.25) is 5.88 Å². The van der Waals surface area contributed by atoms with Crippen LogP contribution in [0.1, 0.15) is 5.56 Å². The third-order valence-corrected chi connectivity index (χ3v) is 2.78. The minimum Gasteiger partial charge on any atom is -0.436 e. The van der Waals surface area contributed by atoms with E-state index in [0.29, 0.717) is 11.3 Å². The monoisotopic (exact) mass is 283 g/mol. The smallest absolute Gasteiger partial charge is 0.238 e. The lowest BCUT2D eigenvalue weighted by Gasteiger charge is -2.06. The van der Waals surface area contributed by atoms with E-state index >= 15 is 0 Å². The van der Waals surface area contributed by atoms with Crippen molar-refractivity contribution in [2.24, 2.45) is 0 Å². The molecule has 0 unspecified atom stereocenters. The largest absolute Gasteiger partial charge is 0.436 e. The lowest BCUT2D eigenvalue weighted by Crippen LogP contribution is -1.94. The summed E-state index contributed by atoms with van der Waals surface area (Å²) >= 11 is 0. The van der Waals surface area contributed by atoms with Crippen molar-refractivity contribution in [3.8, 4) is 17.7 Å². The molecule has 0 saturated carbocycles. The summed E-state index contributed by atoms with van der Waals surface area (Å²) in [5.74, 6) is -1.58. The first-order valence-corrected chi connectivity index (χ1v) is 5.96. The van der Waals surface area contributed by atoms with E-state index in [1.165, 1.54) is 6.20 Å². The molecule has 0 aliphatic heterocycles. The molecule has 0 bridgehead atoms. The number of nitriles is 1. The van der Waals surface area contributed by atoms with Crippen LogP contribution in [0.4, 0.5) is 8.78 Å². The van der Waals surface area contributed by atoms with Crippen LogP contribution in [0.2, 0.25) is 0 Å². The molecule has 102 valence electrons. The van der Waals surface area contributed by atoms with Crippen LogP contribution in [0, 0.1) is 23.0 Å². The third kappa shape index (κ3) is 2.49. The van der Waals surface area contributed by atoms with Gasteiger partial charge in [-0.2, -0.15) is 5.26 Å². The molecule has 0 fully saturated rings. The summed E-state index contributed by atoms with van der Waals surface area (Å²) in [5, 5.41) is 8.98. The number of rotatable bonds is 2. The second kappa shape index (κ2) is 5.13. The lowest BCUT2D eigenvalue weighted by molar-refractivity contribution is 0.461. The maximum Gasteiger partial charge on any atom is 0.238 e. The number of aromatic nitrogens is 2. The zero-order valence-corrected chi connectivity index (χ0v) is 10.5. The van der Waals surface area contributed by atoms with E-state index in [2.05, 4.69) is 9.97 Å². The van der Waals surface area contributed by atoms with Crippen molar-refractivity contribution in [3.05, 3.63) is 59.8 Å². The van der Waals surface area contributed by atoms with Gasteiger partial charge in [-0.1, -0.05) is 12.1 Å². The Bertz CT molecular complexity index is 874. The molecule has 0 amide bonds. The first-order chi connectivity index (χ1) is 10.2. The Morgan fingerprint density at radius 1 is 1.05 bits per heavy atom. The summed E-state index contributed by atoms with van der Waals surface area (Å²) < 4.78 is 31.8. The summed E-state index contributed by atoms with van der Waals surface area (Å²) in [7, 11) is 0. The fourth-order valence-electron chi connectivity index (χ4n) is 1.80. The van der Waals surface area contributed by atoms with E-state index in [9.17, 15) is 8.78 Å². The number of hydrogen-bond donors (Lipinski definition) is 0. The summed E-state index contributed by atoms with van der Waals surface area (Å²) in [4.78, 5) is 8.00. The van der Waals surface area contributed by atoms with Crippen molar-refractivity contribution in [3.63, 3.8) is 0 Å². The van der Waals surface area contributed by atoms with Gasteiger partial charge in [-0.05, 0) is 12.1 Å². The average molecular weight is 283 g/mol. The zero-order valence-electron chi connectivity index (χ0n) is 10.5. The Morgan fingerprint density at radius 2 is 1.76 bits per heavy atom. The first-order valence-electron chi connectivity index (χ1n) is 5.96. The Balaban J connectivity index is 2.02. The highest BCUT2D eigenvalue weighted by molar-refractivity contribution is 5.74. The fourth-order valence-corrected chi connectivity index (χ4v) is 1.80. The normalized spacial score (nSPS) is 10.3. The minimum absolute atomic E-state index is 0.0937. The van der Waals surface area contributed by atoms with Crippen LogP contribution >= 0.6 is 0 Å². The van der Waals surface area contributed by atoms with Gasteiger partial charge in [0.15, 0.2) is 11.6 Å². The van der Waals surface area contributed by atoms with Crippen LogP contribution < -0.4 is 4.74 Å². The molecule has 0 aliphatic carbocycles. The molecule has 3 aromatic rings. The number of benzene rings is 2. The molecule has 0 spiro atoms. The van der Waals surface area contributed by atoms with Gasteiger partial charge < -0.3 is 4.74 Å². The van der Waals surface area contributed by atoms with E-state index in [4.69, 9.17) is 10.00 Å². The van der Waals surface area contributed by atoms with Gasteiger partial charge >= 0.3 is 0 Å². The van der Waals surface area contributed by atoms with Gasteiger partial charge in [0.25, 0.3) is 0 Å². The van der Waals surface area contributed by atoms with Crippen LogP contribution in [-0.4, -0.2) is 9.97 Å². The van der Waals surface area contributed by atoms with Gasteiger partial charge in [-0.15, -0.1) is 0 Å². The summed E-state index contributed by atoms with van der Waals surface area (Å²) in [6.45, 7) is 0. The summed E-state index contributed by atoms with van der Waals surface area (Å²) in [5.41, 5.74) is 0.723. The number of halogens is 2. The molecule has 0 N–H and O–H groups in total. The predicted molar refractivity (Wildman–Crippen MR) is 70.7 cm³/mol. The third-order valence-electron chi connectivity index (χ3n) is 2.78. The highest BCUT2D eigenvalue weighted by atomic mass is 19.2. The molecule has 0 aliphatic rings. The van der Waals surface area contributed by atoms with Crippen molar-refractivity contribution in [2.75, 3.05) is 0 Å². The number of ether oxygens (including phenoxy) is 1. The Kier molecular flexibility index (Phi) is 3.16. The van der Waals surface area contributed by atoms with Gasteiger partial charge in [-0.25, -0.2) is 18.7 Å². The van der Waals surface area contributed by atoms with Crippen molar-refractivity contribution in [1.29, 1.82) is 5.26 Å². The predicted octanol–water partition coefficient (Wildman–Crippen LogP) is 3.57. The first kappa shape index (κ1) is 12.9. The SMILES string of the molecule is N#Cc1ccccc1Oc1cnc2cc(F)c(F)cc2n1. The molecule has 3 rings (SSSR count). The molecule has 0 atom stereocenters. The molecule has 21 heavy (non-hydrogen) atoms. The molecular formula is C15H7F2N3O. The summed E-state index contributed by atoms with van der Waals surface area (Å²) in [6.07, 6.45) is 1.29. The molecule has 6 heteroatoms. The Labute approximate surface area is 118 Å². The second-order valence-corrected chi connectivity index (χ2v) is 4.17. The standard InChI is InChI=1S/C15H7F2N3O/c16-10-5-12-13(6-11(10)17)20-15(8-19-12)21-14-4-2-1-3-9(14)7-18/h1-6,8H. The molecular weight excluding hydrogens is 276 g/mol. The zero-order chi connectivity index (χ0) is 14.8. The number of para-hydroxylation sites is 1. The minimum atomic E-state index is -1.01. The topological polar surface area (TPSA) is 58.8 Å². The van der Waals surface area contributed by atoms with Gasteiger partial charge in [0.05, 0.1) is 22.8 Å². The quantitative estimate of drug-likeness (QED) is 0.721. The van der Waals surface area contributed by atoms with Gasteiger partial charge in [0, 0.05) is 12.1 Å². The van der Waals surface area contributed by atoms with Crippen LogP contribution in [-0.2, 0) is 0 Å². The van der Waals surface area contributed by atoms with E-state index in [-0.39, 0.29) is 16.9 Å². The Morgan fingerprint density at radius 3 is 2.52 bits per heavy atom. The lowest BCUT2D eigenvalue weighted by atomic mass is 10.2. The van der Waals surface area contributed by atoms with Crippen LogP contribution in [0.25, 0.3) is 11.0 Å². The average Bonchev–Trinajstić information content (AvgIpc) is 2.49. The fraction of sp³-hybridized carbons (Fsp3) is 0. The van der Waals surface area contributed by atoms with Gasteiger partial charge in [0.1, 0.15) is 11.8 Å². The maximum atomic E-state index is 13.2. The van der Waals surface area contributed by atoms with Crippen LogP contribution in [0.3, 0.4) is 0 Å². The van der Waals surface area contributed by atoms with E-state index in [1.54, 1.807) is 24.3 Å². The van der Waals surface area contributed by atoms with Crippen molar-refractivity contribution in [2.45, 2.75) is 0 Å². The van der Waals surface area contributed by atoms with E-state index in [0.717, 1.165) is 12.1 Å². The van der Waals surface area contributed by atoms with Crippen molar-refractivity contribution in [1.82, 2.24) is 9.97 Å². The highest BCUT2D eigenvalue weighted by Gasteiger charge is 2.09. The molecule has 0 saturated heterocycles. The molecule has 0 radical (unpaired) electrons. The number of fused-ring (bicyclic) bond motifs is 1. The molecule has 2 aromatic carbocycles. The summed E-state index contributed by atoms with van der Waals surface area (Å²) in [6, 6.07) is 10.5. The number of nitrogens with zero attached hydrogens (tertiary/aromatic N) is 3. The highest BCUT2D eigenvalue weighted by Crippen LogP contribution is 2.24. The maximum absolute atomic E-state index is 13.2. The van der Waals surface area contributed by atoms with Gasteiger partial charge in [-0.3, -0.25) is 0 Å². The van der Waals surface area contributed by atoms with Crippen LogP contribution in [0.5, 0.6) is 11.6 Å². The molecule has 1 heterocycles. The van der Waals surface area contributed by atoms with E-state index < -0.39 is 11.6 Å².